The summed E-state index contributed by atoms with van der Waals surface area (Å²) in [6.45, 7) is -3.40. The summed E-state index contributed by atoms with van der Waals surface area (Å²) in [5.41, 5.74) is -0.910. The van der Waals surface area contributed by atoms with E-state index in [-0.39, 0.29) is 29.4 Å². The van der Waals surface area contributed by atoms with Crippen molar-refractivity contribution in [2.75, 3.05) is 18.5 Å². The molecule has 3 aromatic heterocycles. The third-order valence-electron chi connectivity index (χ3n) is 6.81. The molecule has 4 N–H and O–H groups in total. The molecule has 0 radical (unpaired) electrons. The molecule has 6 heterocycles. The first-order chi connectivity index (χ1) is 21.2. The Labute approximate surface area is 266 Å². The second kappa shape index (κ2) is 12.5. The Morgan fingerprint density at radius 3 is 2.69 bits per heavy atom. The van der Waals surface area contributed by atoms with Crippen LogP contribution in [0.3, 0.4) is 0 Å². The van der Waals surface area contributed by atoms with Crippen LogP contribution >= 0.6 is 25.8 Å². The molecule has 3 fully saturated rings. The Morgan fingerprint density at radius 1 is 1.18 bits per heavy atom. The Balaban J connectivity index is 1.28. The number of hydrogen-bond acceptors (Lipinski definition) is 16. The number of imidazole rings is 1. The van der Waals surface area contributed by atoms with E-state index in [0.29, 0.717) is 0 Å². The monoisotopic (exact) mass is 707 g/mol. The summed E-state index contributed by atoms with van der Waals surface area (Å²) < 4.78 is 55.2. The van der Waals surface area contributed by atoms with Crippen molar-refractivity contribution in [3.05, 3.63) is 35.3 Å². The molecule has 6 rings (SSSR count). The number of thiol groups is 1. The highest BCUT2D eigenvalue weighted by molar-refractivity contribution is 8.44. The molecule has 18 nitrogen and oxygen atoms in total. The van der Waals surface area contributed by atoms with E-state index in [2.05, 4.69) is 42.5 Å². The van der Waals surface area contributed by atoms with Crippen LogP contribution in [0.5, 0.6) is 5.88 Å². The van der Waals surface area contributed by atoms with Crippen molar-refractivity contribution in [2.24, 2.45) is 0 Å². The first-order valence-electron chi connectivity index (χ1n) is 13.6. The van der Waals surface area contributed by atoms with E-state index < -0.39 is 80.9 Å². The van der Waals surface area contributed by atoms with E-state index in [1.807, 2.05) is 20.8 Å². The molecule has 22 heteroatoms. The van der Waals surface area contributed by atoms with Gasteiger partial charge in [0.15, 0.2) is 17.4 Å². The van der Waals surface area contributed by atoms with E-state index in [1.165, 1.54) is 29.5 Å². The smallest absolute Gasteiger partial charge is 0.386 e. The Morgan fingerprint density at radius 2 is 1.96 bits per heavy atom. The Hall–Kier alpha value is -2.06. The molecule has 0 amide bonds. The molecule has 3 aliphatic rings. The Kier molecular flexibility index (Phi) is 9.14. The van der Waals surface area contributed by atoms with Crippen molar-refractivity contribution in [1.82, 2.24) is 29.5 Å². The first-order valence-corrected chi connectivity index (χ1v) is 18.9. The van der Waals surface area contributed by atoms with Crippen molar-refractivity contribution < 1.29 is 46.9 Å². The summed E-state index contributed by atoms with van der Waals surface area (Å²) in [5.74, 6) is 0.389. The molecule has 3 aromatic rings. The van der Waals surface area contributed by atoms with Gasteiger partial charge in [-0.25, -0.2) is 19.5 Å². The lowest BCUT2D eigenvalue weighted by atomic mass is 10.1. The van der Waals surface area contributed by atoms with Crippen LogP contribution in [0.4, 0.5) is 5.95 Å². The van der Waals surface area contributed by atoms with Gasteiger partial charge in [-0.15, -0.1) is 0 Å². The van der Waals surface area contributed by atoms with Gasteiger partial charge in [0.25, 0.3) is 5.56 Å². The summed E-state index contributed by atoms with van der Waals surface area (Å²) >= 11 is 9.39. The van der Waals surface area contributed by atoms with Gasteiger partial charge in [0, 0.05) is 24.2 Å². The van der Waals surface area contributed by atoms with Gasteiger partial charge in [0.2, 0.25) is 18.1 Å². The van der Waals surface area contributed by atoms with E-state index in [1.54, 1.807) is 0 Å². The minimum Gasteiger partial charge on any atom is -0.448 e. The van der Waals surface area contributed by atoms with Crippen LogP contribution in [0.2, 0.25) is 0 Å². The van der Waals surface area contributed by atoms with E-state index in [9.17, 15) is 19.4 Å². The van der Waals surface area contributed by atoms with Crippen molar-refractivity contribution in [3.63, 3.8) is 0 Å². The summed E-state index contributed by atoms with van der Waals surface area (Å²) in [5, 5.41) is 14.3. The minimum absolute atomic E-state index is 0.0202. The van der Waals surface area contributed by atoms with Gasteiger partial charge in [-0.3, -0.25) is 23.4 Å². The van der Waals surface area contributed by atoms with Crippen LogP contribution in [0.25, 0.3) is 11.2 Å². The maximum Gasteiger partial charge on any atom is 0.386 e. The van der Waals surface area contributed by atoms with Gasteiger partial charge in [0.1, 0.15) is 36.8 Å². The van der Waals surface area contributed by atoms with Crippen LogP contribution in [-0.4, -0.2) is 95.0 Å². The maximum absolute atomic E-state index is 13.5. The maximum atomic E-state index is 13.5. The number of H-pyrrole nitrogens is 1. The predicted molar refractivity (Wildman–Crippen MR) is 162 cm³/mol. The molecule has 2 bridgehead atoms. The van der Waals surface area contributed by atoms with Gasteiger partial charge >= 0.3 is 13.5 Å². The molecule has 3 saturated heterocycles. The third-order valence-corrected chi connectivity index (χ3v) is 10.0. The molecule has 0 aliphatic carbocycles. The number of ether oxygens (including phenoxy) is 3. The van der Waals surface area contributed by atoms with Gasteiger partial charge < -0.3 is 38.6 Å². The third kappa shape index (κ3) is 7.58. The summed E-state index contributed by atoms with van der Waals surface area (Å²) in [6, 6.07) is 1.53. The summed E-state index contributed by atoms with van der Waals surface area (Å²) in [7, 11) is 0. The normalized spacial score (nSPS) is 36.1. The number of anilines is 1. The van der Waals surface area contributed by atoms with E-state index in [0.717, 1.165) is 0 Å². The SMILES string of the molecule is CC(C)(C)Nc1nc2c(ncn2[C@@H]2O[C@@H]3COP(O)(=S)O[C@H]4C[C@H](Oc5ccncn5)O[C@@H]4COP(=O)(S)O[C@@H]2[C@@H]3O)c(=O)[nH]1. The fourth-order valence-electron chi connectivity index (χ4n) is 4.94. The lowest BCUT2D eigenvalue weighted by Crippen LogP contribution is -2.35. The van der Waals surface area contributed by atoms with E-state index in [4.69, 9.17) is 44.1 Å². The standard InChI is InChI=1S/C23H31N7O11P2S2/c1-23(2,3)29-22-27-19-16(20(32)28-22)26-10-30(19)21-18-17(31)13(38-21)8-36-42(33,44)40-11-6-15(39-14-4-5-24-9-25-14)37-12(11)7-35-43(34,45)41-18/h4-5,9-13,15,17-18,21,31H,6-8H2,1-3H3,(H,33,44)(H,34,45)(H2,27,28,29,32)/t11-,12+,13+,15-,17+,18+,21+,42?,43?/m0/s1. The zero-order valence-electron chi connectivity index (χ0n) is 24.0. The van der Waals surface area contributed by atoms with Crippen LogP contribution in [0.15, 0.2) is 29.7 Å². The number of nitrogens with zero attached hydrogens (tertiary/aromatic N) is 5. The molecule has 2 unspecified atom stereocenters. The largest absolute Gasteiger partial charge is 0.448 e. The molecule has 9 atom stereocenters. The predicted octanol–water partition coefficient (Wildman–Crippen LogP) is 1.64. The van der Waals surface area contributed by atoms with Crippen LogP contribution in [-0.2, 0) is 43.9 Å². The minimum atomic E-state index is -4.25. The van der Waals surface area contributed by atoms with Crippen molar-refractivity contribution >= 4 is 54.7 Å². The van der Waals surface area contributed by atoms with Crippen LogP contribution < -0.4 is 15.6 Å². The molecule has 246 valence electrons. The summed E-state index contributed by atoms with van der Waals surface area (Å²) in [6.07, 6.45) is -3.93. The second-order valence-corrected chi connectivity index (χ2v) is 17.1. The lowest BCUT2D eigenvalue weighted by Gasteiger charge is -2.26. The number of aromatic nitrogens is 6. The van der Waals surface area contributed by atoms with Crippen molar-refractivity contribution in [2.45, 2.75) is 75.8 Å². The number of aliphatic hydroxyl groups excluding tert-OH is 1. The van der Waals surface area contributed by atoms with Crippen LogP contribution in [0.1, 0.15) is 33.4 Å². The average Bonchev–Trinajstić information content (AvgIpc) is 3.61. The number of nitrogens with one attached hydrogen (secondary N) is 2. The number of rotatable bonds is 4. The van der Waals surface area contributed by atoms with Gasteiger partial charge in [-0.05, 0) is 32.6 Å². The number of aromatic amines is 1. The number of hydrogen-bond donors (Lipinski definition) is 5. The van der Waals surface area contributed by atoms with Crippen LogP contribution in [0, 0.1) is 0 Å². The van der Waals surface area contributed by atoms with Gasteiger partial charge in [0.05, 0.1) is 19.5 Å². The lowest BCUT2D eigenvalue weighted by molar-refractivity contribution is -0.0937. The first kappa shape index (κ1) is 32.9. The molecule has 3 aliphatic heterocycles. The van der Waals surface area contributed by atoms with E-state index >= 15 is 0 Å². The topological polar surface area (TPSA) is 224 Å². The van der Waals surface area contributed by atoms with Gasteiger partial charge in [-0.1, -0.05) is 12.2 Å². The van der Waals surface area contributed by atoms with Gasteiger partial charge in [-0.2, -0.15) is 4.98 Å². The number of aliphatic hydroxyl groups is 1. The zero-order valence-corrected chi connectivity index (χ0v) is 27.5. The fourth-order valence-corrected chi connectivity index (χ4v) is 7.87. The quantitative estimate of drug-likeness (QED) is 0.192. The molecular formula is C23H31N7O11P2S2. The van der Waals surface area contributed by atoms with Crippen molar-refractivity contribution in [3.8, 4) is 5.88 Å². The van der Waals surface area contributed by atoms with Crippen molar-refractivity contribution in [1.29, 1.82) is 0 Å². The Bertz CT molecular complexity index is 1690. The highest BCUT2D eigenvalue weighted by Crippen LogP contribution is 2.58. The zero-order chi connectivity index (χ0) is 32.1. The highest BCUT2D eigenvalue weighted by atomic mass is 32.7. The molecule has 0 aromatic carbocycles. The second-order valence-electron chi connectivity index (χ2n) is 11.4. The molecular weight excluding hydrogens is 676 g/mol. The molecule has 45 heavy (non-hydrogen) atoms. The highest BCUT2D eigenvalue weighted by Gasteiger charge is 2.51. The fraction of sp³-hybridized carbons (Fsp3) is 0.609. The molecule has 0 saturated carbocycles. The molecule has 0 spiro atoms. The average molecular weight is 708 g/mol. The number of fused-ring (bicyclic) bond motifs is 4. The summed E-state index contributed by atoms with van der Waals surface area (Å²) in [4.78, 5) is 42.8.